The van der Waals surface area contributed by atoms with Gasteiger partial charge in [-0.05, 0) is 25.5 Å². The second-order valence-corrected chi connectivity index (χ2v) is 4.41. The first-order valence-electron chi connectivity index (χ1n) is 6.46. The fourth-order valence-electron chi connectivity index (χ4n) is 2.19. The van der Waals surface area contributed by atoms with Gasteiger partial charge in [0.1, 0.15) is 6.04 Å². The van der Waals surface area contributed by atoms with Gasteiger partial charge in [-0.3, -0.25) is 15.1 Å². The van der Waals surface area contributed by atoms with Crippen molar-refractivity contribution in [3.63, 3.8) is 0 Å². The summed E-state index contributed by atoms with van der Waals surface area (Å²) in [7, 11) is 0. The van der Waals surface area contributed by atoms with Gasteiger partial charge >= 0.3 is 0 Å². The Kier molecular flexibility index (Phi) is 5.82. The molecule has 0 aliphatic carbocycles. The number of amides is 1. The van der Waals surface area contributed by atoms with Crippen LogP contribution in [0, 0.1) is 0 Å². The van der Waals surface area contributed by atoms with E-state index in [9.17, 15) is 4.79 Å². The van der Waals surface area contributed by atoms with Crippen molar-refractivity contribution >= 4 is 5.91 Å². The van der Waals surface area contributed by atoms with Crippen LogP contribution in [0.3, 0.4) is 0 Å². The summed E-state index contributed by atoms with van der Waals surface area (Å²) in [6.07, 6.45) is 0.995. The first-order valence-corrected chi connectivity index (χ1v) is 6.46. The maximum atomic E-state index is 12.1. The molecule has 2 atom stereocenters. The monoisotopic (exact) mass is 249 g/mol. The fraction of sp³-hybridized carbons (Fsp3) is 0.500. The Bertz CT molecular complexity index is 367. The Morgan fingerprint density at radius 3 is 2.39 bits per heavy atom. The molecular weight excluding hydrogens is 226 g/mol. The standard InChI is InChI=1S/C14H23N3O/c1-4-11(3)17(5-2)13(14(18)16-15)12-9-7-6-8-10-12/h6-11,13H,4-5,15H2,1-3H3,(H,16,18). The van der Waals surface area contributed by atoms with Gasteiger partial charge < -0.3 is 0 Å². The molecule has 4 nitrogen and oxygen atoms in total. The lowest BCUT2D eigenvalue weighted by Crippen LogP contribution is -2.46. The number of hydrogen-bond donors (Lipinski definition) is 2. The summed E-state index contributed by atoms with van der Waals surface area (Å²) in [4.78, 5) is 14.2. The van der Waals surface area contributed by atoms with Crippen LogP contribution < -0.4 is 11.3 Å². The van der Waals surface area contributed by atoms with Crippen molar-refractivity contribution in [2.75, 3.05) is 6.54 Å². The number of rotatable bonds is 6. The molecule has 4 heteroatoms. The van der Waals surface area contributed by atoms with Crippen LogP contribution in [0.1, 0.15) is 38.8 Å². The molecule has 2 unspecified atom stereocenters. The summed E-state index contributed by atoms with van der Waals surface area (Å²) >= 11 is 0. The highest BCUT2D eigenvalue weighted by Gasteiger charge is 2.28. The highest BCUT2D eigenvalue weighted by molar-refractivity contribution is 5.82. The second kappa shape index (κ2) is 7.13. The average Bonchev–Trinajstić information content (AvgIpc) is 2.43. The van der Waals surface area contributed by atoms with E-state index in [2.05, 4.69) is 31.1 Å². The van der Waals surface area contributed by atoms with Crippen LogP contribution in [0.15, 0.2) is 30.3 Å². The third-order valence-electron chi connectivity index (χ3n) is 3.36. The van der Waals surface area contributed by atoms with Gasteiger partial charge in [0.25, 0.3) is 5.91 Å². The first-order chi connectivity index (χ1) is 8.65. The summed E-state index contributed by atoms with van der Waals surface area (Å²) in [5.41, 5.74) is 3.25. The van der Waals surface area contributed by atoms with Gasteiger partial charge in [0.15, 0.2) is 0 Å². The lowest BCUT2D eigenvalue weighted by molar-refractivity contribution is -0.127. The zero-order valence-electron chi connectivity index (χ0n) is 11.4. The molecule has 18 heavy (non-hydrogen) atoms. The molecule has 0 aromatic heterocycles. The molecule has 0 saturated heterocycles. The number of nitrogens with one attached hydrogen (secondary N) is 1. The molecule has 1 aromatic rings. The molecule has 0 fully saturated rings. The number of hydrazine groups is 1. The van der Waals surface area contributed by atoms with Gasteiger partial charge in [0, 0.05) is 6.04 Å². The van der Waals surface area contributed by atoms with E-state index in [-0.39, 0.29) is 11.9 Å². The summed E-state index contributed by atoms with van der Waals surface area (Å²) in [6, 6.07) is 9.76. The molecule has 100 valence electrons. The number of benzene rings is 1. The van der Waals surface area contributed by atoms with E-state index >= 15 is 0 Å². The summed E-state index contributed by atoms with van der Waals surface area (Å²) < 4.78 is 0. The SMILES string of the molecule is CCC(C)N(CC)C(C(=O)NN)c1ccccc1. The number of hydrogen-bond acceptors (Lipinski definition) is 3. The Morgan fingerprint density at radius 2 is 1.94 bits per heavy atom. The third-order valence-corrected chi connectivity index (χ3v) is 3.36. The summed E-state index contributed by atoms with van der Waals surface area (Å²) in [5, 5.41) is 0. The predicted molar refractivity (Wildman–Crippen MR) is 73.6 cm³/mol. The number of carbonyl (C=O) groups is 1. The topological polar surface area (TPSA) is 58.4 Å². The normalized spacial score (nSPS) is 14.3. The number of carbonyl (C=O) groups excluding carboxylic acids is 1. The molecule has 0 saturated carbocycles. The molecule has 0 spiro atoms. The van der Waals surface area contributed by atoms with Crippen LogP contribution in [0.25, 0.3) is 0 Å². The highest BCUT2D eigenvalue weighted by atomic mass is 16.2. The van der Waals surface area contributed by atoms with Crippen molar-refractivity contribution in [3.05, 3.63) is 35.9 Å². The van der Waals surface area contributed by atoms with Crippen molar-refractivity contribution in [3.8, 4) is 0 Å². The third kappa shape index (κ3) is 3.31. The largest absolute Gasteiger partial charge is 0.293 e. The molecule has 0 aliphatic rings. The molecule has 0 radical (unpaired) electrons. The van der Waals surface area contributed by atoms with E-state index in [0.29, 0.717) is 6.04 Å². The molecule has 0 aliphatic heterocycles. The van der Waals surface area contributed by atoms with E-state index in [0.717, 1.165) is 18.5 Å². The maximum absolute atomic E-state index is 12.1. The van der Waals surface area contributed by atoms with E-state index < -0.39 is 0 Å². The lowest BCUT2D eigenvalue weighted by Gasteiger charge is -2.34. The maximum Gasteiger partial charge on any atom is 0.255 e. The minimum Gasteiger partial charge on any atom is -0.293 e. The second-order valence-electron chi connectivity index (χ2n) is 4.41. The fourth-order valence-corrected chi connectivity index (χ4v) is 2.19. The van der Waals surface area contributed by atoms with Crippen molar-refractivity contribution in [2.45, 2.75) is 39.3 Å². The Balaban J connectivity index is 3.08. The van der Waals surface area contributed by atoms with Crippen LogP contribution in [0.5, 0.6) is 0 Å². The van der Waals surface area contributed by atoms with Gasteiger partial charge in [-0.15, -0.1) is 0 Å². The van der Waals surface area contributed by atoms with Gasteiger partial charge in [0.05, 0.1) is 0 Å². The van der Waals surface area contributed by atoms with Crippen molar-refractivity contribution in [1.29, 1.82) is 0 Å². The average molecular weight is 249 g/mol. The van der Waals surface area contributed by atoms with Gasteiger partial charge in [-0.1, -0.05) is 44.2 Å². The molecule has 0 heterocycles. The zero-order chi connectivity index (χ0) is 13.5. The van der Waals surface area contributed by atoms with Crippen molar-refractivity contribution in [2.24, 2.45) is 5.84 Å². The molecule has 1 amide bonds. The van der Waals surface area contributed by atoms with Crippen molar-refractivity contribution < 1.29 is 4.79 Å². The van der Waals surface area contributed by atoms with Crippen LogP contribution in [-0.2, 0) is 4.79 Å². The number of likely N-dealkylation sites (N-methyl/N-ethyl adjacent to an activating group) is 1. The molecule has 1 aromatic carbocycles. The lowest BCUT2D eigenvalue weighted by atomic mass is 10.0. The van der Waals surface area contributed by atoms with Crippen molar-refractivity contribution in [1.82, 2.24) is 10.3 Å². The van der Waals surface area contributed by atoms with Gasteiger partial charge in [0.2, 0.25) is 0 Å². The molecular formula is C14H23N3O. The van der Waals surface area contributed by atoms with Crippen LogP contribution in [-0.4, -0.2) is 23.4 Å². The number of nitrogens with two attached hydrogens (primary N) is 1. The molecule has 1 rings (SSSR count). The first kappa shape index (κ1) is 14.7. The van der Waals surface area contributed by atoms with E-state index in [1.54, 1.807) is 0 Å². The van der Waals surface area contributed by atoms with Crippen LogP contribution in [0.2, 0.25) is 0 Å². The van der Waals surface area contributed by atoms with Gasteiger partial charge in [-0.2, -0.15) is 0 Å². The zero-order valence-corrected chi connectivity index (χ0v) is 11.4. The quantitative estimate of drug-likeness (QED) is 0.459. The van der Waals surface area contributed by atoms with Crippen LogP contribution >= 0.6 is 0 Å². The summed E-state index contributed by atoms with van der Waals surface area (Å²) in [6.45, 7) is 7.12. The smallest absolute Gasteiger partial charge is 0.255 e. The Labute approximate surface area is 109 Å². The van der Waals surface area contributed by atoms with E-state index in [1.165, 1.54) is 0 Å². The minimum atomic E-state index is -0.323. The number of nitrogens with zero attached hydrogens (tertiary/aromatic N) is 1. The van der Waals surface area contributed by atoms with Crippen LogP contribution in [0.4, 0.5) is 0 Å². The molecule has 3 N–H and O–H groups in total. The molecule has 0 bridgehead atoms. The Morgan fingerprint density at radius 1 is 1.33 bits per heavy atom. The van der Waals surface area contributed by atoms with E-state index in [4.69, 9.17) is 5.84 Å². The highest BCUT2D eigenvalue weighted by Crippen LogP contribution is 2.23. The minimum absolute atomic E-state index is 0.164. The van der Waals surface area contributed by atoms with Gasteiger partial charge in [-0.25, -0.2) is 5.84 Å². The van der Waals surface area contributed by atoms with E-state index in [1.807, 2.05) is 30.3 Å². The predicted octanol–water partition coefficient (Wildman–Crippen LogP) is 1.84. The summed E-state index contributed by atoms with van der Waals surface area (Å²) in [5.74, 6) is 5.15. The Hall–Kier alpha value is -1.39.